The minimum absolute atomic E-state index is 0.201. The highest BCUT2D eigenvalue weighted by atomic mass is 19.1. The first-order valence-corrected chi connectivity index (χ1v) is 8.52. The molecule has 2 aromatic carbocycles. The minimum atomic E-state index is -1.68. The number of carboxylic acid groups (broad SMARTS) is 1. The Morgan fingerprint density at radius 2 is 1.66 bits per heavy atom. The quantitative estimate of drug-likeness (QED) is 0.359. The fraction of sp³-hybridized carbons (Fsp3) is 0.143. The maximum atomic E-state index is 13.2. The number of aliphatic hydroxyl groups is 1. The lowest BCUT2D eigenvalue weighted by molar-refractivity contribution is -0.146. The van der Waals surface area contributed by atoms with E-state index in [1.54, 1.807) is 35.0 Å². The van der Waals surface area contributed by atoms with Crippen LogP contribution in [0.15, 0.2) is 48.7 Å². The van der Waals surface area contributed by atoms with Gasteiger partial charge >= 0.3 is 5.97 Å². The second kappa shape index (κ2) is 8.05. The SMILES string of the molecule is COc1ccc(OC)c2c1c(C(O)=CC(=O)C(=O)O)cn2Cc1ccc(F)cc1. The summed E-state index contributed by atoms with van der Waals surface area (Å²) in [6.07, 6.45) is 2.19. The second-order valence-corrected chi connectivity index (χ2v) is 6.19. The number of methoxy groups -OCH3 is 2. The molecular formula is C21H18FNO6. The van der Waals surface area contributed by atoms with Crippen molar-refractivity contribution in [1.82, 2.24) is 4.57 Å². The number of hydrogen-bond donors (Lipinski definition) is 2. The van der Waals surface area contributed by atoms with Crippen LogP contribution in [0, 0.1) is 5.82 Å². The predicted octanol–water partition coefficient (Wildman–Crippen LogP) is 3.40. The molecular weight excluding hydrogens is 381 g/mol. The number of aliphatic hydroxyl groups excluding tert-OH is 1. The molecule has 8 heteroatoms. The average Bonchev–Trinajstić information content (AvgIpc) is 3.08. The summed E-state index contributed by atoms with van der Waals surface area (Å²) in [6.45, 7) is 0.306. The molecule has 3 aromatic rings. The van der Waals surface area contributed by atoms with Crippen LogP contribution >= 0.6 is 0 Å². The van der Waals surface area contributed by atoms with Crippen molar-refractivity contribution < 1.29 is 33.7 Å². The number of fused-ring (bicyclic) bond motifs is 1. The van der Waals surface area contributed by atoms with E-state index >= 15 is 0 Å². The maximum Gasteiger partial charge on any atom is 0.376 e. The van der Waals surface area contributed by atoms with Crippen molar-refractivity contribution in [3.8, 4) is 11.5 Å². The standard InChI is InChI=1S/C21H18FNO6/c1-28-17-7-8-18(29-2)20-19(17)14(15(24)9-16(25)21(26)27)11-23(20)10-12-3-5-13(22)6-4-12/h3-9,11,24H,10H2,1-2H3,(H,26,27). The normalized spacial score (nSPS) is 11.5. The Balaban J connectivity index is 2.24. The van der Waals surface area contributed by atoms with Crippen LogP contribution in [0.4, 0.5) is 4.39 Å². The number of ketones is 1. The molecule has 0 radical (unpaired) electrons. The molecule has 0 atom stereocenters. The van der Waals surface area contributed by atoms with Gasteiger partial charge in [-0.3, -0.25) is 4.79 Å². The highest BCUT2D eigenvalue weighted by molar-refractivity contribution is 6.38. The van der Waals surface area contributed by atoms with Gasteiger partial charge in [0.05, 0.1) is 25.1 Å². The Morgan fingerprint density at radius 1 is 1.03 bits per heavy atom. The van der Waals surface area contributed by atoms with E-state index in [9.17, 15) is 19.1 Å². The number of carbonyl (C=O) groups excluding carboxylic acids is 1. The predicted molar refractivity (Wildman–Crippen MR) is 104 cm³/mol. The number of carboxylic acids is 1. The molecule has 29 heavy (non-hydrogen) atoms. The zero-order valence-electron chi connectivity index (χ0n) is 15.7. The van der Waals surface area contributed by atoms with Gasteiger partial charge in [-0.2, -0.15) is 0 Å². The van der Waals surface area contributed by atoms with Crippen molar-refractivity contribution in [1.29, 1.82) is 0 Å². The van der Waals surface area contributed by atoms with Crippen LogP contribution in [0.2, 0.25) is 0 Å². The first-order chi connectivity index (χ1) is 13.8. The van der Waals surface area contributed by atoms with E-state index in [-0.39, 0.29) is 11.4 Å². The van der Waals surface area contributed by atoms with Gasteiger partial charge < -0.3 is 24.3 Å². The molecule has 2 N–H and O–H groups in total. The third-order valence-corrected chi connectivity index (χ3v) is 4.40. The summed E-state index contributed by atoms with van der Waals surface area (Å²) >= 11 is 0. The second-order valence-electron chi connectivity index (χ2n) is 6.19. The van der Waals surface area contributed by atoms with Gasteiger partial charge in [0.25, 0.3) is 5.78 Å². The van der Waals surface area contributed by atoms with Gasteiger partial charge in [0.1, 0.15) is 23.1 Å². The zero-order valence-corrected chi connectivity index (χ0v) is 15.7. The number of hydrogen-bond acceptors (Lipinski definition) is 5. The van der Waals surface area contributed by atoms with E-state index in [1.807, 2.05) is 0 Å². The van der Waals surface area contributed by atoms with Gasteiger partial charge in [0.2, 0.25) is 0 Å². The number of ether oxygens (including phenoxy) is 2. The average molecular weight is 399 g/mol. The summed E-state index contributed by atoms with van der Waals surface area (Å²) < 4.78 is 25.8. The van der Waals surface area contributed by atoms with Crippen LogP contribution in [-0.4, -0.2) is 40.8 Å². The molecule has 0 aliphatic carbocycles. The molecule has 0 spiro atoms. The molecule has 150 valence electrons. The van der Waals surface area contributed by atoms with E-state index < -0.39 is 17.5 Å². The number of benzene rings is 2. The summed E-state index contributed by atoms with van der Waals surface area (Å²) in [5.41, 5.74) is 1.55. The Hall–Kier alpha value is -3.81. The fourth-order valence-corrected chi connectivity index (χ4v) is 3.09. The molecule has 7 nitrogen and oxygen atoms in total. The smallest absolute Gasteiger partial charge is 0.376 e. The number of halogens is 1. The molecule has 3 rings (SSSR count). The number of nitrogens with zero attached hydrogens (tertiary/aromatic N) is 1. The molecule has 0 saturated heterocycles. The van der Waals surface area contributed by atoms with Gasteiger partial charge in [-0.1, -0.05) is 12.1 Å². The minimum Gasteiger partial charge on any atom is -0.507 e. The molecule has 1 aromatic heterocycles. The van der Waals surface area contributed by atoms with E-state index in [0.29, 0.717) is 35.0 Å². The van der Waals surface area contributed by atoms with Crippen molar-refractivity contribution in [2.75, 3.05) is 14.2 Å². The molecule has 0 saturated carbocycles. The van der Waals surface area contributed by atoms with Crippen LogP contribution in [0.3, 0.4) is 0 Å². The van der Waals surface area contributed by atoms with E-state index in [1.165, 1.54) is 26.4 Å². The summed E-state index contributed by atoms with van der Waals surface area (Å²) in [6, 6.07) is 9.24. The fourth-order valence-electron chi connectivity index (χ4n) is 3.09. The Morgan fingerprint density at radius 3 is 2.24 bits per heavy atom. The van der Waals surface area contributed by atoms with Crippen molar-refractivity contribution in [2.45, 2.75) is 6.54 Å². The largest absolute Gasteiger partial charge is 0.507 e. The summed E-state index contributed by atoms with van der Waals surface area (Å²) in [7, 11) is 2.94. The number of rotatable bonds is 7. The third kappa shape index (κ3) is 3.91. The molecule has 0 amide bonds. The Labute approximate surface area is 165 Å². The van der Waals surface area contributed by atoms with Crippen LogP contribution < -0.4 is 9.47 Å². The van der Waals surface area contributed by atoms with Gasteiger partial charge in [0.15, 0.2) is 0 Å². The summed E-state index contributed by atoms with van der Waals surface area (Å²) in [4.78, 5) is 22.4. The molecule has 0 bridgehead atoms. The van der Waals surface area contributed by atoms with Crippen molar-refractivity contribution in [3.63, 3.8) is 0 Å². The number of aromatic nitrogens is 1. The van der Waals surface area contributed by atoms with Crippen LogP contribution in [0.5, 0.6) is 11.5 Å². The zero-order chi connectivity index (χ0) is 21.1. The van der Waals surface area contributed by atoms with Crippen molar-refractivity contribution in [2.24, 2.45) is 0 Å². The molecule has 0 fully saturated rings. The highest BCUT2D eigenvalue weighted by Gasteiger charge is 2.21. The van der Waals surface area contributed by atoms with Crippen molar-refractivity contribution in [3.05, 3.63) is 65.6 Å². The lowest BCUT2D eigenvalue weighted by atomic mass is 10.1. The molecule has 0 aliphatic rings. The number of aliphatic carboxylic acids is 1. The molecule has 0 unspecified atom stereocenters. The highest BCUT2D eigenvalue weighted by Crippen LogP contribution is 2.39. The monoisotopic (exact) mass is 399 g/mol. The van der Waals surface area contributed by atoms with E-state index in [2.05, 4.69) is 0 Å². The van der Waals surface area contributed by atoms with E-state index in [0.717, 1.165) is 5.56 Å². The Bertz CT molecular complexity index is 1110. The summed E-state index contributed by atoms with van der Waals surface area (Å²) in [5, 5.41) is 19.7. The van der Waals surface area contributed by atoms with E-state index in [4.69, 9.17) is 14.6 Å². The maximum absolute atomic E-state index is 13.2. The van der Waals surface area contributed by atoms with Gasteiger partial charge in [-0.05, 0) is 29.8 Å². The lowest BCUT2D eigenvalue weighted by Crippen LogP contribution is -2.09. The van der Waals surface area contributed by atoms with Gasteiger partial charge in [-0.25, -0.2) is 9.18 Å². The lowest BCUT2D eigenvalue weighted by Gasteiger charge is -2.11. The van der Waals surface area contributed by atoms with Crippen LogP contribution in [0.1, 0.15) is 11.1 Å². The molecule has 1 heterocycles. The third-order valence-electron chi connectivity index (χ3n) is 4.40. The topological polar surface area (TPSA) is 98.0 Å². The van der Waals surface area contributed by atoms with Crippen LogP contribution in [0.25, 0.3) is 16.7 Å². The Kier molecular flexibility index (Phi) is 5.54. The van der Waals surface area contributed by atoms with Gasteiger partial charge in [-0.15, -0.1) is 0 Å². The van der Waals surface area contributed by atoms with Gasteiger partial charge in [0, 0.05) is 24.4 Å². The first-order valence-electron chi connectivity index (χ1n) is 8.52. The van der Waals surface area contributed by atoms with Crippen LogP contribution in [-0.2, 0) is 16.1 Å². The van der Waals surface area contributed by atoms with Crippen molar-refractivity contribution >= 4 is 28.4 Å². The molecule has 0 aliphatic heterocycles. The summed E-state index contributed by atoms with van der Waals surface area (Å²) in [5.74, 6) is -2.95. The first kappa shape index (κ1) is 19.9. The number of carbonyl (C=O) groups is 2.